The molecule has 144 valence electrons. The number of ether oxygens (including phenoxy) is 1. The Labute approximate surface area is 157 Å². The van der Waals surface area contributed by atoms with Gasteiger partial charge in [-0.2, -0.15) is 18.3 Å². The molecule has 0 saturated heterocycles. The van der Waals surface area contributed by atoms with Gasteiger partial charge in [-0.25, -0.2) is 14.5 Å². The van der Waals surface area contributed by atoms with Crippen molar-refractivity contribution < 1.29 is 22.7 Å². The predicted octanol–water partition coefficient (Wildman–Crippen LogP) is 3.53. The van der Waals surface area contributed by atoms with E-state index in [9.17, 15) is 18.0 Å². The maximum Gasteiger partial charge on any atom is 0.419 e. The van der Waals surface area contributed by atoms with Crippen LogP contribution in [0.25, 0.3) is 5.82 Å². The monoisotopic (exact) mass is 389 g/mol. The summed E-state index contributed by atoms with van der Waals surface area (Å²) in [6, 6.07) is 4.83. The Morgan fingerprint density at radius 2 is 2.00 bits per heavy atom. The predicted molar refractivity (Wildman–Crippen MR) is 93.9 cm³/mol. The molecule has 28 heavy (non-hydrogen) atoms. The molecular weight excluding hydrogens is 375 g/mol. The number of methoxy groups -OCH3 is 1. The van der Waals surface area contributed by atoms with Crippen molar-refractivity contribution in [2.45, 2.75) is 13.1 Å². The average Bonchev–Trinajstić information content (AvgIpc) is 3.16. The molecular formula is C18H14F3N5O2. The molecule has 0 saturated carbocycles. The van der Waals surface area contributed by atoms with Gasteiger partial charge in [0.2, 0.25) is 0 Å². The van der Waals surface area contributed by atoms with Crippen molar-refractivity contribution in [3.63, 3.8) is 0 Å². The molecule has 0 radical (unpaired) electrons. The topological polar surface area (TPSA) is 82.3 Å². The van der Waals surface area contributed by atoms with Crippen molar-refractivity contribution in [1.29, 1.82) is 0 Å². The minimum atomic E-state index is -4.47. The number of alkyl halides is 3. The van der Waals surface area contributed by atoms with E-state index in [2.05, 4.69) is 24.8 Å². The summed E-state index contributed by atoms with van der Waals surface area (Å²) >= 11 is 0. The fraction of sp³-hybridized carbons (Fsp3) is 0.167. The van der Waals surface area contributed by atoms with Crippen LogP contribution in [0.2, 0.25) is 0 Å². The van der Waals surface area contributed by atoms with Crippen molar-refractivity contribution in [1.82, 2.24) is 19.7 Å². The van der Waals surface area contributed by atoms with Gasteiger partial charge < -0.3 is 4.74 Å². The first kappa shape index (κ1) is 19.2. The zero-order chi connectivity index (χ0) is 20.3. The summed E-state index contributed by atoms with van der Waals surface area (Å²) in [6.07, 6.45) is 1.42. The summed E-state index contributed by atoms with van der Waals surface area (Å²) in [4.78, 5) is 23.8. The molecule has 10 heteroatoms. The molecule has 0 aliphatic heterocycles. The van der Waals surface area contributed by atoms with Gasteiger partial charge in [0, 0.05) is 12.4 Å². The number of aromatic nitrogens is 4. The van der Waals surface area contributed by atoms with Gasteiger partial charge in [0.1, 0.15) is 0 Å². The summed E-state index contributed by atoms with van der Waals surface area (Å²) in [7, 11) is 1.28. The zero-order valence-corrected chi connectivity index (χ0v) is 14.8. The zero-order valence-electron chi connectivity index (χ0n) is 14.8. The smallest absolute Gasteiger partial charge is 0.419 e. The van der Waals surface area contributed by atoms with Gasteiger partial charge in [-0.3, -0.25) is 9.98 Å². The van der Waals surface area contributed by atoms with Crippen LogP contribution in [0.5, 0.6) is 0 Å². The molecule has 0 amide bonds. The van der Waals surface area contributed by atoms with Crippen molar-refractivity contribution in [2.75, 3.05) is 7.11 Å². The summed E-state index contributed by atoms with van der Waals surface area (Å²) in [6.45, 7) is 1.69. The van der Waals surface area contributed by atoms with E-state index in [0.717, 1.165) is 17.1 Å². The van der Waals surface area contributed by atoms with Gasteiger partial charge in [-0.1, -0.05) is 0 Å². The maximum atomic E-state index is 12.7. The number of carbonyl (C=O) groups excluding carboxylic acids is 1. The van der Waals surface area contributed by atoms with Crippen LogP contribution in [0, 0.1) is 6.92 Å². The van der Waals surface area contributed by atoms with Gasteiger partial charge in [-0.05, 0) is 30.7 Å². The molecule has 0 fully saturated rings. The number of carbonyl (C=O) groups is 1. The lowest BCUT2D eigenvalue weighted by atomic mass is 10.2. The molecule has 0 unspecified atom stereocenters. The third-order valence-corrected chi connectivity index (χ3v) is 3.72. The number of aryl methyl sites for hydroxylation is 1. The Bertz CT molecular complexity index is 1030. The number of hydrogen-bond acceptors (Lipinski definition) is 6. The standard InChI is InChI=1S/C18H14F3N5O2/c1-11-5-15(23-8-14-4-3-12(6-22-14)17(27)28-2)9-24-16(11)26-10-13(7-25-26)18(19,20)21/h3-10H,1-2H3/b23-8+. The molecule has 0 aliphatic rings. The molecule has 0 N–H and O–H groups in total. The molecule has 3 heterocycles. The number of hydrogen-bond donors (Lipinski definition) is 0. The molecule has 3 rings (SSSR count). The largest absolute Gasteiger partial charge is 0.465 e. The van der Waals surface area contributed by atoms with Crippen LogP contribution >= 0.6 is 0 Å². The minimum absolute atomic E-state index is 0.273. The van der Waals surface area contributed by atoms with Gasteiger partial charge >= 0.3 is 12.1 Å². The summed E-state index contributed by atoms with van der Waals surface area (Å²) in [5.74, 6) is -0.214. The van der Waals surface area contributed by atoms with E-state index in [-0.39, 0.29) is 5.82 Å². The molecule has 3 aromatic rings. The number of nitrogens with zero attached hydrogens (tertiary/aromatic N) is 5. The first-order chi connectivity index (χ1) is 13.3. The lowest BCUT2D eigenvalue weighted by Crippen LogP contribution is -2.04. The minimum Gasteiger partial charge on any atom is -0.465 e. The van der Waals surface area contributed by atoms with Crippen molar-refractivity contribution in [3.8, 4) is 5.82 Å². The Balaban J connectivity index is 1.78. The van der Waals surface area contributed by atoms with Crippen LogP contribution < -0.4 is 0 Å². The molecule has 0 atom stereocenters. The van der Waals surface area contributed by atoms with Crippen molar-refractivity contribution in [2.24, 2.45) is 4.99 Å². The summed E-state index contributed by atoms with van der Waals surface area (Å²) in [5.41, 5.74) is 1.07. The van der Waals surface area contributed by atoms with Crippen LogP contribution in [0.4, 0.5) is 18.9 Å². The Morgan fingerprint density at radius 3 is 2.57 bits per heavy atom. The Hall–Kier alpha value is -3.56. The van der Waals surface area contributed by atoms with Crippen LogP contribution in [-0.2, 0) is 10.9 Å². The number of rotatable bonds is 4. The molecule has 0 aliphatic carbocycles. The Kier molecular flexibility index (Phi) is 5.21. The maximum absolute atomic E-state index is 12.7. The quantitative estimate of drug-likeness (QED) is 0.504. The van der Waals surface area contributed by atoms with Crippen molar-refractivity contribution >= 4 is 17.9 Å². The van der Waals surface area contributed by atoms with E-state index in [0.29, 0.717) is 22.5 Å². The lowest BCUT2D eigenvalue weighted by Gasteiger charge is -2.05. The second-order valence-corrected chi connectivity index (χ2v) is 5.73. The first-order valence-corrected chi connectivity index (χ1v) is 7.95. The number of pyridine rings is 2. The highest BCUT2D eigenvalue weighted by Gasteiger charge is 2.32. The number of esters is 1. The second-order valence-electron chi connectivity index (χ2n) is 5.73. The fourth-order valence-electron chi connectivity index (χ4n) is 2.31. The SMILES string of the molecule is COC(=O)c1ccc(/C=N/c2cnc(-n3cc(C(F)(F)F)cn3)c(C)c2)nc1. The first-order valence-electron chi connectivity index (χ1n) is 7.95. The molecule has 3 aromatic heterocycles. The lowest BCUT2D eigenvalue weighted by molar-refractivity contribution is -0.137. The highest BCUT2D eigenvalue weighted by molar-refractivity contribution is 5.89. The molecule has 0 spiro atoms. The summed E-state index contributed by atoms with van der Waals surface area (Å²) < 4.78 is 43.8. The number of aliphatic imine (C=N–C) groups is 1. The molecule has 0 bridgehead atoms. The van der Waals surface area contributed by atoms with Crippen LogP contribution in [-0.4, -0.2) is 39.0 Å². The van der Waals surface area contributed by atoms with E-state index in [1.807, 2.05) is 0 Å². The van der Waals surface area contributed by atoms with E-state index < -0.39 is 17.7 Å². The third-order valence-electron chi connectivity index (χ3n) is 3.72. The Morgan fingerprint density at radius 1 is 1.21 bits per heavy atom. The van der Waals surface area contributed by atoms with Crippen LogP contribution in [0.3, 0.4) is 0 Å². The summed E-state index contributed by atoms with van der Waals surface area (Å²) in [5, 5.41) is 3.71. The van der Waals surface area contributed by atoms with E-state index in [4.69, 9.17) is 0 Å². The molecule has 7 nitrogen and oxygen atoms in total. The van der Waals surface area contributed by atoms with Crippen LogP contribution in [0.1, 0.15) is 27.2 Å². The van der Waals surface area contributed by atoms with Gasteiger partial charge in [0.25, 0.3) is 0 Å². The average molecular weight is 389 g/mol. The second kappa shape index (κ2) is 7.59. The fourth-order valence-corrected chi connectivity index (χ4v) is 2.31. The normalized spacial score (nSPS) is 11.8. The van der Waals surface area contributed by atoms with Gasteiger partial charge in [0.15, 0.2) is 5.82 Å². The van der Waals surface area contributed by atoms with E-state index in [1.165, 1.54) is 25.7 Å². The van der Waals surface area contributed by atoms with E-state index >= 15 is 0 Å². The van der Waals surface area contributed by atoms with E-state index in [1.54, 1.807) is 25.1 Å². The van der Waals surface area contributed by atoms with Crippen molar-refractivity contribution in [3.05, 3.63) is 65.4 Å². The number of halogens is 3. The van der Waals surface area contributed by atoms with Crippen LogP contribution in [0.15, 0.2) is 48.0 Å². The highest BCUT2D eigenvalue weighted by Crippen LogP contribution is 2.29. The third kappa shape index (κ3) is 4.22. The van der Waals surface area contributed by atoms with Gasteiger partial charge in [0.05, 0.1) is 48.2 Å². The molecule has 0 aromatic carbocycles. The van der Waals surface area contributed by atoms with Gasteiger partial charge in [-0.15, -0.1) is 0 Å². The highest BCUT2D eigenvalue weighted by atomic mass is 19.4.